The Bertz CT molecular complexity index is 1670. The maximum Gasteiger partial charge on any atom is 0.264 e. The number of hydrogen-bond donors (Lipinski definition) is 1. The minimum absolute atomic E-state index is 0.00508. The number of amides is 2. The molecule has 0 aromatic heterocycles. The van der Waals surface area contributed by atoms with E-state index in [4.69, 9.17) is 23.2 Å². The average Bonchev–Trinajstić information content (AvgIpc) is 3.03. The van der Waals surface area contributed by atoms with E-state index < -0.39 is 28.5 Å². The summed E-state index contributed by atoms with van der Waals surface area (Å²) in [5.74, 6) is -0.869. The van der Waals surface area contributed by atoms with Gasteiger partial charge in [-0.1, -0.05) is 108 Å². The summed E-state index contributed by atoms with van der Waals surface area (Å²) in [5, 5.41) is 3.33. The lowest BCUT2D eigenvalue weighted by Crippen LogP contribution is -2.53. The highest BCUT2D eigenvalue weighted by atomic mass is 35.5. The first-order chi connectivity index (χ1) is 21.1. The fraction of sp³-hybridized carbons (Fsp3) is 0.235. The van der Waals surface area contributed by atoms with Crippen molar-refractivity contribution in [1.82, 2.24) is 10.2 Å². The van der Waals surface area contributed by atoms with E-state index in [9.17, 15) is 18.0 Å². The molecule has 4 rings (SSSR count). The largest absolute Gasteiger partial charge is 0.354 e. The van der Waals surface area contributed by atoms with Crippen molar-refractivity contribution in [1.29, 1.82) is 0 Å². The molecule has 4 aromatic carbocycles. The molecule has 0 saturated heterocycles. The molecule has 1 N–H and O–H groups in total. The number of nitrogens with one attached hydrogen (secondary N) is 1. The molecule has 0 aliphatic rings. The number of rotatable bonds is 13. The van der Waals surface area contributed by atoms with Crippen LogP contribution in [-0.2, 0) is 32.6 Å². The summed E-state index contributed by atoms with van der Waals surface area (Å²) < 4.78 is 29.1. The van der Waals surface area contributed by atoms with E-state index in [0.29, 0.717) is 6.54 Å². The highest BCUT2D eigenvalue weighted by molar-refractivity contribution is 7.92. The van der Waals surface area contributed by atoms with E-state index in [2.05, 4.69) is 5.32 Å². The first-order valence-electron chi connectivity index (χ1n) is 14.3. The molecule has 230 valence electrons. The normalized spacial score (nSPS) is 11.9. The molecule has 44 heavy (non-hydrogen) atoms. The van der Waals surface area contributed by atoms with E-state index in [1.807, 2.05) is 68.4 Å². The number of halogens is 2. The number of benzene rings is 4. The highest BCUT2D eigenvalue weighted by Gasteiger charge is 2.34. The van der Waals surface area contributed by atoms with Gasteiger partial charge in [-0.2, -0.15) is 0 Å². The number of carbonyl (C=O) groups excluding carboxylic acids is 2. The molecule has 1 atom stereocenters. The zero-order valence-corrected chi connectivity index (χ0v) is 26.9. The summed E-state index contributed by atoms with van der Waals surface area (Å²) in [6.45, 7) is 3.87. The van der Waals surface area contributed by atoms with Gasteiger partial charge in [-0.3, -0.25) is 13.9 Å². The van der Waals surface area contributed by atoms with Gasteiger partial charge in [0.15, 0.2) is 0 Å². The molecule has 0 heterocycles. The topological polar surface area (TPSA) is 86.8 Å². The van der Waals surface area contributed by atoms with Gasteiger partial charge in [0, 0.05) is 19.5 Å². The van der Waals surface area contributed by atoms with Crippen molar-refractivity contribution >= 4 is 50.7 Å². The van der Waals surface area contributed by atoms with Gasteiger partial charge >= 0.3 is 0 Å². The molecular weight excluding hydrogens is 617 g/mol. The lowest BCUT2D eigenvalue weighted by atomic mass is 10.0. The van der Waals surface area contributed by atoms with Crippen LogP contribution >= 0.6 is 23.2 Å². The number of aryl methyl sites for hydroxylation is 1. The van der Waals surface area contributed by atoms with E-state index in [-0.39, 0.29) is 39.5 Å². The zero-order valence-electron chi connectivity index (χ0n) is 24.6. The average molecular weight is 653 g/mol. The molecule has 0 aliphatic heterocycles. The Morgan fingerprint density at radius 1 is 0.818 bits per heavy atom. The third kappa shape index (κ3) is 8.40. The smallest absolute Gasteiger partial charge is 0.264 e. The van der Waals surface area contributed by atoms with Crippen LogP contribution in [0, 0.1) is 6.92 Å². The Balaban J connectivity index is 1.80. The number of hydrogen-bond acceptors (Lipinski definition) is 4. The van der Waals surface area contributed by atoms with Crippen LogP contribution < -0.4 is 9.62 Å². The van der Waals surface area contributed by atoms with Crippen LogP contribution in [0.1, 0.15) is 30.0 Å². The molecule has 0 radical (unpaired) electrons. The Kier molecular flexibility index (Phi) is 11.4. The predicted molar refractivity (Wildman–Crippen MR) is 176 cm³/mol. The summed E-state index contributed by atoms with van der Waals surface area (Å²) in [4.78, 5) is 29.6. The zero-order chi connectivity index (χ0) is 31.7. The second-order valence-electron chi connectivity index (χ2n) is 10.4. The minimum atomic E-state index is -4.23. The van der Waals surface area contributed by atoms with Crippen molar-refractivity contribution in [3.63, 3.8) is 0 Å². The number of sulfonamides is 1. The maximum absolute atomic E-state index is 14.4. The summed E-state index contributed by atoms with van der Waals surface area (Å²) >= 11 is 12.5. The Labute approximate surface area is 269 Å². The molecule has 7 nitrogen and oxygen atoms in total. The third-order valence-corrected chi connectivity index (χ3v) is 9.62. The minimum Gasteiger partial charge on any atom is -0.354 e. The molecule has 0 fully saturated rings. The van der Waals surface area contributed by atoms with Crippen LogP contribution in [0.4, 0.5) is 5.69 Å². The molecule has 10 heteroatoms. The van der Waals surface area contributed by atoms with Crippen molar-refractivity contribution in [3.8, 4) is 0 Å². The van der Waals surface area contributed by atoms with Gasteiger partial charge in [-0.15, -0.1) is 0 Å². The lowest BCUT2D eigenvalue weighted by Gasteiger charge is -2.34. The van der Waals surface area contributed by atoms with Gasteiger partial charge in [0.05, 0.1) is 20.6 Å². The number of anilines is 1. The van der Waals surface area contributed by atoms with Gasteiger partial charge in [-0.25, -0.2) is 8.42 Å². The standard InChI is InChI=1S/C34H35Cl2N3O4S/c1-3-20-37-34(41)32(21-26-10-6-4-7-11-26)38(23-27-16-14-25(2)15-17-27)33(40)24-39(28-18-19-30(35)31(36)22-28)44(42,43)29-12-8-5-9-13-29/h4-19,22,32H,3,20-21,23-24H2,1-2H3,(H,37,41). The van der Waals surface area contributed by atoms with Gasteiger partial charge in [0.25, 0.3) is 10.0 Å². The van der Waals surface area contributed by atoms with Crippen molar-refractivity contribution < 1.29 is 18.0 Å². The second-order valence-corrected chi connectivity index (χ2v) is 13.1. The molecular formula is C34H35Cl2N3O4S. The quantitative estimate of drug-likeness (QED) is 0.175. The molecule has 0 bridgehead atoms. The highest BCUT2D eigenvalue weighted by Crippen LogP contribution is 2.31. The van der Waals surface area contributed by atoms with Gasteiger partial charge in [-0.05, 0) is 54.8 Å². The van der Waals surface area contributed by atoms with Crippen LogP contribution in [0.3, 0.4) is 0 Å². The van der Waals surface area contributed by atoms with Crippen LogP contribution in [0.2, 0.25) is 10.0 Å². The van der Waals surface area contributed by atoms with Crippen LogP contribution in [0.15, 0.2) is 108 Å². The van der Waals surface area contributed by atoms with Crippen molar-refractivity contribution in [2.75, 3.05) is 17.4 Å². The van der Waals surface area contributed by atoms with Gasteiger partial charge in [0.1, 0.15) is 12.6 Å². The lowest BCUT2D eigenvalue weighted by molar-refractivity contribution is -0.140. The van der Waals surface area contributed by atoms with Crippen molar-refractivity contribution in [3.05, 3.63) is 130 Å². The summed E-state index contributed by atoms with van der Waals surface area (Å²) in [7, 11) is -4.23. The first-order valence-corrected chi connectivity index (χ1v) is 16.5. The Morgan fingerprint density at radius 2 is 1.45 bits per heavy atom. The van der Waals surface area contributed by atoms with E-state index in [0.717, 1.165) is 27.4 Å². The van der Waals surface area contributed by atoms with Crippen molar-refractivity contribution in [2.24, 2.45) is 0 Å². The number of carbonyl (C=O) groups is 2. The molecule has 0 spiro atoms. The molecule has 2 amide bonds. The molecule has 0 aliphatic carbocycles. The van der Waals surface area contributed by atoms with E-state index >= 15 is 0 Å². The fourth-order valence-electron chi connectivity index (χ4n) is 4.70. The summed E-state index contributed by atoms with van der Waals surface area (Å²) in [6.07, 6.45) is 0.961. The monoisotopic (exact) mass is 651 g/mol. The third-order valence-electron chi connectivity index (χ3n) is 7.10. The predicted octanol–water partition coefficient (Wildman–Crippen LogP) is 6.66. The molecule has 1 unspecified atom stereocenters. The van der Waals surface area contributed by atoms with Gasteiger partial charge in [0.2, 0.25) is 11.8 Å². The first kappa shape index (κ1) is 33.1. The Morgan fingerprint density at radius 3 is 2.07 bits per heavy atom. The van der Waals surface area contributed by atoms with E-state index in [1.165, 1.54) is 35.2 Å². The van der Waals surface area contributed by atoms with E-state index in [1.54, 1.807) is 18.2 Å². The SMILES string of the molecule is CCCNC(=O)C(Cc1ccccc1)N(Cc1ccc(C)cc1)C(=O)CN(c1ccc(Cl)c(Cl)c1)S(=O)(=O)c1ccccc1. The summed E-state index contributed by atoms with van der Waals surface area (Å²) in [5.41, 5.74) is 2.89. The fourth-order valence-corrected chi connectivity index (χ4v) is 6.42. The van der Waals surface area contributed by atoms with Crippen LogP contribution in [0.5, 0.6) is 0 Å². The van der Waals surface area contributed by atoms with Gasteiger partial charge < -0.3 is 10.2 Å². The molecule has 4 aromatic rings. The number of nitrogens with zero attached hydrogens (tertiary/aromatic N) is 2. The Hall–Kier alpha value is -3.85. The second kappa shape index (κ2) is 15.2. The maximum atomic E-state index is 14.4. The summed E-state index contributed by atoms with van der Waals surface area (Å²) in [6, 6.07) is 28.4. The van der Waals surface area contributed by atoms with Crippen LogP contribution in [-0.4, -0.2) is 44.3 Å². The van der Waals surface area contributed by atoms with Crippen molar-refractivity contribution in [2.45, 2.75) is 44.2 Å². The van der Waals surface area contributed by atoms with Crippen LogP contribution in [0.25, 0.3) is 0 Å². The molecule has 0 saturated carbocycles.